The first-order valence-corrected chi connectivity index (χ1v) is 8.54. The summed E-state index contributed by atoms with van der Waals surface area (Å²) in [5.74, 6) is 1.07. The van der Waals surface area contributed by atoms with Crippen molar-refractivity contribution in [1.82, 2.24) is 10.0 Å². The van der Waals surface area contributed by atoms with Gasteiger partial charge < -0.3 is 9.73 Å². The Hall–Kier alpha value is -0.850. The predicted octanol–water partition coefficient (Wildman–Crippen LogP) is 2.55. The van der Waals surface area contributed by atoms with Crippen LogP contribution >= 0.6 is 0 Å². The lowest BCUT2D eigenvalue weighted by Crippen LogP contribution is -2.43. The van der Waals surface area contributed by atoms with Gasteiger partial charge >= 0.3 is 0 Å². The van der Waals surface area contributed by atoms with Gasteiger partial charge in [0.2, 0.25) is 10.0 Å². The minimum atomic E-state index is -3.55. The topological polar surface area (TPSA) is 71.3 Å². The molecule has 5 nitrogen and oxygen atoms in total. The first-order valence-electron chi connectivity index (χ1n) is 7.06. The predicted molar refractivity (Wildman–Crippen MR) is 80.1 cm³/mol. The molecule has 0 amide bonds. The fraction of sp³-hybridized carbons (Fsp3) is 0.714. The summed E-state index contributed by atoms with van der Waals surface area (Å²) >= 11 is 0. The van der Waals surface area contributed by atoms with E-state index in [1.807, 2.05) is 27.7 Å². The van der Waals surface area contributed by atoms with Gasteiger partial charge in [-0.2, -0.15) is 0 Å². The zero-order chi connectivity index (χ0) is 15.4. The Kier molecular flexibility index (Phi) is 5.79. The van der Waals surface area contributed by atoms with Crippen LogP contribution in [0.25, 0.3) is 0 Å². The van der Waals surface area contributed by atoms with E-state index < -0.39 is 15.6 Å². The monoisotopic (exact) mass is 302 g/mol. The third kappa shape index (κ3) is 4.61. The van der Waals surface area contributed by atoms with E-state index in [1.54, 1.807) is 13.0 Å². The van der Waals surface area contributed by atoms with Crippen molar-refractivity contribution in [3.63, 3.8) is 0 Å². The molecule has 116 valence electrons. The van der Waals surface area contributed by atoms with Gasteiger partial charge in [-0.05, 0) is 33.7 Å². The van der Waals surface area contributed by atoms with Crippen LogP contribution in [0.3, 0.4) is 0 Å². The molecule has 1 aromatic rings. The second-order valence-electron chi connectivity index (χ2n) is 5.65. The lowest BCUT2D eigenvalue weighted by atomic mass is 10.0. The highest BCUT2D eigenvalue weighted by Gasteiger charge is 2.28. The molecule has 1 rings (SSSR count). The Morgan fingerprint density at radius 3 is 2.50 bits per heavy atom. The summed E-state index contributed by atoms with van der Waals surface area (Å²) in [4.78, 5) is 0.231. The van der Waals surface area contributed by atoms with Gasteiger partial charge in [0, 0.05) is 11.6 Å². The van der Waals surface area contributed by atoms with Crippen LogP contribution in [0.4, 0.5) is 0 Å². The minimum absolute atomic E-state index is 0.231. The maximum Gasteiger partial charge on any atom is 0.244 e. The zero-order valence-electron chi connectivity index (χ0n) is 13.0. The van der Waals surface area contributed by atoms with Crippen LogP contribution in [-0.4, -0.2) is 20.5 Å². The van der Waals surface area contributed by atoms with E-state index in [9.17, 15) is 8.42 Å². The van der Waals surface area contributed by atoms with Crippen molar-refractivity contribution >= 4 is 10.0 Å². The molecule has 6 heteroatoms. The maximum absolute atomic E-state index is 12.4. The van der Waals surface area contributed by atoms with E-state index in [2.05, 4.69) is 10.0 Å². The molecule has 0 aliphatic carbocycles. The molecule has 0 spiro atoms. The van der Waals surface area contributed by atoms with E-state index in [-0.39, 0.29) is 4.90 Å². The second kappa shape index (κ2) is 6.74. The van der Waals surface area contributed by atoms with Crippen LogP contribution < -0.4 is 10.0 Å². The molecule has 0 bridgehead atoms. The molecular formula is C14H26N2O3S. The van der Waals surface area contributed by atoms with Gasteiger partial charge in [-0.3, -0.25) is 0 Å². The summed E-state index contributed by atoms with van der Waals surface area (Å²) in [5.41, 5.74) is -0.459. The molecule has 1 heterocycles. The van der Waals surface area contributed by atoms with Crippen molar-refractivity contribution < 1.29 is 12.8 Å². The van der Waals surface area contributed by atoms with Gasteiger partial charge in [-0.15, -0.1) is 0 Å². The molecule has 0 saturated heterocycles. The van der Waals surface area contributed by atoms with E-state index in [0.29, 0.717) is 18.1 Å². The van der Waals surface area contributed by atoms with Gasteiger partial charge in [0.15, 0.2) is 0 Å². The Morgan fingerprint density at radius 1 is 1.30 bits per heavy atom. The lowest BCUT2D eigenvalue weighted by Gasteiger charge is -2.25. The number of hydrogen-bond acceptors (Lipinski definition) is 4. The molecule has 1 aromatic heterocycles. The van der Waals surface area contributed by atoms with Gasteiger partial charge in [-0.25, -0.2) is 13.1 Å². The molecular weight excluding hydrogens is 276 g/mol. The zero-order valence-corrected chi connectivity index (χ0v) is 13.9. The molecule has 0 aliphatic rings. The average molecular weight is 302 g/mol. The van der Waals surface area contributed by atoms with Crippen LogP contribution in [0.5, 0.6) is 0 Å². The standard InChI is InChI=1S/C14H26N2O3S/c1-6-8-14(4,5)16-20(17,18)13-9-12(10-15-7-2)19-11(13)3/h9,15-16H,6-8,10H2,1-5H3. The first kappa shape index (κ1) is 17.2. The number of rotatable bonds is 8. The Labute approximate surface area is 122 Å². The molecule has 0 unspecified atom stereocenters. The number of aryl methyl sites for hydroxylation is 1. The van der Waals surface area contributed by atoms with E-state index in [4.69, 9.17) is 4.42 Å². The highest BCUT2D eigenvalue weighted by Crippen LogP contribution is 2.23. The molecule has 0 aliphatic heterocycles. The van der Waals surface area contributed by atoms with E-state index in [1.165, 1.54) is 0 Å². The van der Waals surface area contributed by atoms with E-state index in [0.717, 1.165) is 19.4 Å². The molecule has 20 heavy (non-hydrogen) atoms. The van der Waals surface area contributed by atoms with Crippen LogP contribution in [0.2, 0.25) is 0 Å². The van der Waals surface area contributed by atoms with Gasteiger partial charge in [-0.1, -0.05) is 20.3 Å². The van der Waals surface area contributed by atoms with Crippen molar-refractivity contribution in [2.45, 2.75) is 64.4 Å². The molecule has 0 fully saturated rings. The quantitative estimate of drug-likeness (QED) is 0.774. The van der Waals surface area contributed by atoms with Gasteiger partial charge in [0.1, 0.15) is 16.4 Å². The number of nitrogens with one attached hydrogen (secondary N) is 2. The summed E-state index contributed by atoms with van der Waals surface area (Å²) in [7, 11) is -3.55. The van der Waals surface area contributed by atoms with Gasteiger partial charge in [0.25, 0.3) is 0 Å². The van der Waals surface area contributed by atoms with Crippen molar-refractivity contribution in [3.05, 3.63) is 17.6 Å². The molecule has 0 radical (unpaired) electrons. The van der Waals surface area contributed by atoms with Crippen LogP contribution in [0, 0.1) is 6.92 Å². The van der Waals surface area contributed by atoms with Crippen molar-refractivity contribution in [2.75, 3.05) is 6.54 Å². The Balaban J connectivity index is 2.95. The molecule has 2 N–H and O–H groups in total. The van der Waals surface area contributed by atoms with Crippen LogP contribution in [0.1, 0.15) is 52.1 Å². The third-order valence-electron chi connectivity index (χ3n) is 3.05. The summed E-state index contributed by atoms with van der Waals surface area (Å²) < 4.78 is 33.1. The molecule has 0 atom stereocenters. The summed E-state index contributed by atoms with van der Waals surface area (Å²) in [6, 6.07) is 1.60. The van der Waals surface area contributed by atoms with E-state index >= 15 is 0 Å². The summed E-state index contributed by atoms with van der Waals surface area (Å²) in [5, 5.41) is 3.12. The fourth-order valence-electron chi connectivity index (χ4n) is 2.22. The largest absolute Gasteiger partial charge is 0.464 e. The summed E-state index contributed by atoms with van der Waals surface area (Å²) in [6.07, 6.45) is 1.71. The average Bonchev–Trinajstić information content (AvgIpc) is 2.67. The van der Waals surface area contributed by atoms with Crippen molar-refractivity contribution in [2.24, 2.45) is 0 Å². The Bertz CT molecular complexity index is 533. The first-order chi connectivity index (χ1) is 9.22. The number of sulfonamides is 1. The third-order valence-corrected chi connectivity index (χ3v) is 4.85. The Morgan fingerprint density at radius 2 is 1.95 bits per heavy atom. The molecule has 0 aromatic carbocycles. The highest BCUT2D eigenvalue weighted by atomic mass is 32.2. The smallest absolute Gasteiger partial charge is 0.244 e. The second-order valence-corrected chi connectivity index (χ2v) is 7.30. The maximum atomic E-state index is 12.4. The minimum Gasteiger partial charge on any atom is -0.464 e. The number of furan rings is 1. The fourth-order valence-corrected chi connectivity index (χ4v) is 3.87. The van der Waals surface area contributed by atoms with Crippen molar-refractivity contribution in [1.29, 1.82) is 0 Å². The lowest BCUT2D eigenvalue weighted by molar-refractivity contribution is 0.416. The van der Waals surface area contributed by atoms with Gasteiger partial charge in [0.05, 0.1) is 6.54 Å². The van der Waals surface area contributed by atoms with Crippen LogP contribution in [-0.2, 0) is 16.6 Å². The van der Waals surface area contributed by atoms with Crippen molar-refractivity contribution in [3.8, 4) is 0 Å². The normalized spacial score (nSPS) is 12.8. The van der Waals surface area contributed by atoms with Crippen LogP contribution in [0.15, 0.2) is 15.4 Å². The summed E-state index contributed by atoms with van der Waals surface area (Å²) in [6.45, 7) is 10.8. The SMILES string of the molecule is CCCC(C)(C)NS(=O)(=O)c1cc(CNCC)oc1C. The molecule has 0 saturated carbocycles. The highest BCUT2D eigenvalue weighted by molar-refractivity contribution is 7.89. The number of hydrogen-bond donors (Lipinski definition) is 2.